The largest absolute Gasteiger partial charge is 0.390 e. The number of aliphatic hydroxyl groups is 1. The highest BCUT2D eigenvalue weighted by molar-refractivity contribution is 6.02. The number of hydrogen-bond donors (Lipinski definition) is 1. The van der Waals surface area contributed by atoms with Gasteiger partial charge in [0.2, 0.25) is 0 Å². The van der Waals surface area contributed by atoms with E-state index in [-0.39, 0.29) is 25.1 Å². The summed E-state index contributed by atoms with van der Waals surface area (Å²) in [6.45, 7) is 3.71. The molecule has 30 heavy (non-hydrogen) atoms. The lowest BCUT2D eigenvalue weighted by atomic mass is 10.00. The van der Waals surface area contributed by atoms with Gasteiger partial charge in [0.1, 0.15) is 18.5 Å². The van der Waals surface area contributed by atoms with E-state index in [0.29, 0.717) is 26.1 Å². The van der Waals surface area contributed by atoms with Gasteiger partial charge >= 0.3 is 0 Å². The van der Waals surface area contributed by atoms with E-state index in [2.05, 4.69) is 11.1 Å². The molecule has 0 fully saturated rings. The standard InChI is InChI=1S/C24H27FN2O3/c1-3-11-29-17-21(28)15-27(14-19-8-6-9-20(25)12-19)16-22-13-24(26-30-22)23-10-5-4-7-18(23)2/h1,4-10,12,21-22,28H,11,13-17H2,2H3. The van der Waals surface area contributed by atoms with Crippen LogP contribution >= 0.6 is 0 Å². The van der Waals surface area contributed by atoms with Crippen molar-refractivity contribution < 1.29 is 19.1 Å². The van der Waals surface area contributed by atoms with Crippen LogP contribution in [-0.2, 0) is 16.1 Å². The number of nitrogens with zero attached hydrogens (tertiary/aromatic N) is 2. The van der Waals surface area contributed by atoms with Crippen LogP contribution in [0.15, 0.2) is 53.7 Å². The fourth-order valence-corrected chi connectivity index (χ4v) is 3.57. The Bertz CT molecular complexity index is 909. The molecule has 3 rings (SSSR count). The van der Waals surface area contributed by atoms with Crippen molar-refractivity contribution >= 4 is 5.71 Å². The molecular weight excluding hydrogens is 383 g/mol. The highest BCUT2D eigenvalue weighted by atomic mass is 19.1. The first-order chi connectivity index (χ1) is 14.5. The van der Waals surface area contributed by atoms with E-state index in [1.165, 1.54) is 12.1 Å². The molecule has 158 valence electrons. The Balaban J connectivity index is 1.63. The van der Waals surface area contributed by atoms with Gasteiger partial charge in [0.25, 0.3) is 0 Å². The number of halogens is 1. The summed E-state index contributed by atoms with van der Waals surface area (Å²) in [5.74, 6) is 2.10. The highest BCUT2D eigenvalue weighted by Gasteiger charge is 2.26. The summed E-state index contributed by atoms with van der Waals surface area (Å²) in [7, 11) is 0. The maximum Gasteiger partial charge on any atom is 0.145 e. The van der Waals surface area contributed by atoms with Crippen molar-refractivity contribution in [2.75, 3.05) is 26.3 Å². The molecule has 0 aliphatic carbocycles. The van der Waals surface area contributed by atoms with Crippen molar-refractivity contribution in [2.24, 2.45) is 5.16 Å². The lowest BCUT2D eigenvalue weighted by Crippen LogP contribution is -2.39. The van der Waals surface area contributed by atoms with Gasteiger partial charge in [0.15, 0.2) is 0 Å². The molecule has 0 spiro atoms. The molecule has 1 aliphatic rings. The third kappa shape index (κ3) is 6.39. The van der Waals surface area contributed by atoms with Crippen LogP contribution in [0, 0.1) is 25.1 Å². The van der Waals surface area contributed by atoms with Gasteiger partial charge < -0.3 is 14.7 Å². The molecule has 0 bridgehead atoms. The lowest BCUT2D eigenvalue weighted by molar-refractivity contribution is 0.00417. The summed E-state index contributed by atoms with van der Waals surface area (Å²) < 4.78 is 18.9. The van der Waals surface area contributed by atoms with Crippen molar-refractivity contribution in [3.8, 4) is 12.3 Å². The van der Waals surface area contributed by atoms with E-state index in [9.17, 15) is 9.50 Å². The Morgan fingerprint density at radius 2 is 2.17 bits per heavy atom. The van der Waals surface area contributed by atoms with Gasteiger partial charge in [-0.2, -0.15) is 0 Å². The Morgan fingerprint density at radius 1 is 1.33 bits per heavy atom. The third-order valence-electron chi connectivity index (χ3n) is 4.91. The number of benzene rings is 2. The van der Waals surface area contributed by atoms with Gasteiger partial charge in [-0.3, -0.25) is 4.90 Å². The molecule has 2 aromatic carbocycles. The summed E-state index contributed by atoms with van der Waals surface area (Å²) in [6.07, 6.45) is 4.99. The van der Waals surface area contributed by atoms with Gasteiger partial charge in [-0.1, -0.05) is 47.5 Å². The van der Waals surface area contributed by atoms with Crippen LogP contribution < -0.4 is 0 Å². The predicted octanol–water partition coefficient (Wildman–Crippen LogP) is 3.14. The Labute approximate surface area is 177 Å². The molecule has 2 unspecified atom stereocenters. The zero-order valence-electron chi connectivity index (χ0n) is 17.1. The van der Waals surface area contributed by atoms with E-state index in [1.54, 1.807) is 6.07 Å². The molecule has 0 saturated carbocycles. The average molecular weight is 410 g/mol. The molecular formula is C24H27FN2O3. The van der Waals surface area contributed by atoms with Crippen LogP contribution in [0.3, 0.4) is 0 Å². The van der Waals surface area contributed by atoms with Crippen LogP contribution in [0.2, 0.25) is 0 Å². The first-order valence-corrected chi connectivity index (χ1v) is 10.00. The van der Waals surface area contributed by atoms with Crippen LogP contribution in [0.1, 0.15) is 23.1 Å². The number of terminal acetylenes is 1. The molecule has 1 heterocycles. The van der Waals surface area contributed by atoms with E-state index in [0.717, 1.165) is 22.4 Å². The minimum atomic E-state index is -0.718. The second-order valence-corrected chi connectivity index (χ2v) is 7.48. The van der Waals surface area contributed by atoms with Gasteiger partial charge in [-0.25, -0.2) is 4.39 Å². The van der Waals surface area contributed by atoms with Crippen molar-refractivity contribution in [1.29, 1.82) is 0 Å². The Hall–Kier alpha value is -2.72. The van der Waals surface area contributed by atoms with E-state index < -0.39 is 6.10 Å². The number of oxime groups is 1. The molecule has 6 heteroatoms. The van der Waals surface area contributed by atoms with Crippen molar-refractivity contribution in [3.05, 3.63) is 71.0 Å². The van der Waals surface area contributed by atoms with Gasteiger partial charge in [-0.05, 0) is 30.2 Å². The maximum absolute atomic E-state index is 13.6. The first-order valence-electron chi connectivity index (χ1n) is 10.00. The van der Waals surface area contributed by atoms with Crippen molar-refractivity contribution in [3.63, 3.8) is 0 Å². The quantitative estimate of drug-likeness (QED) is 0.483. The fraction of sp³-hybridized carbons (Fsp3) is 0.375. The van der Waals surface area contributed by atoms with Gasteiger partial charge in [-0.15, -0.1) is 6.42 Å². The van der Waals surface area contributed by atoms with Gasteiger partial charge in [0, 0.05) is 31.6 Å². The molecule has 2 aromatic rings. The summed E-state index contributed by atoms with van der Waals surface area (Å²) in [5.41, 5.74) is 3.98. The topological polar surface area (TPSA) is 54.3 Å². The molecule has 5 nitrogen and oxygen atoms in total. The second kappa shape index (κ2) is 10.9. The molecule has 0 aromatic heterocycles. The monoisotopic (exact) mass is 410 g/mol. The van der Waals surface area contributed by atoms with Crippen LogP contribution in [0.5, 0.6) is 0 Å². The average Bonchev–Trinajstić information content (AvgIpc) is 3.16. The lowest BCUT2D eigenvalue weighted by Gasteiger charge is -2.27. The number of ether oxygens (including phenoxy) is 1. The Kier molecular flexibility index (Phi) is 7.97. The van der Waals surface area contributed by atoms with Crippen LogP contribution in [-0.4, -0.2) is 54.2 Å². The fourth-order valence-electron chi connectivity index (χ4n) is 3.57. The molecule has 0 saturated heterocycles. The smallest absolute Gasteiger partial charge is 0.145 e. The summed E-state index contributed by atoms with van der Waals surface area (Å²) in [4.78, 5) is 7.71. The van der Waals surface area contributed by atoms with Crippen LogP contribution in [0.4, 0.5) is 4.39 Å². The second-order valence-electron chi connectivity index (χ2n) is 7.48. The minimum Gasteiger partial charge on any atom is -0.390 e. The summed E-state index contributed by atoms with van der Waals surface area (Å²) in [5, 5.41) is 14.6. The van der Waals surface area contributed by atoms with Crippen LogP contribution in [0.25, 0.3) is 0 Å². The third-order valence-corrected chi connectivity index (χ3v) is 4.91. The number of rotatable bonds is 10. The zero-order chi connectivity index (χ0) is 21.3. The predicted molar refractivity (Wildman–Crippen MR) is 115 cm³/mol. The van der Waals surface area contributed by atoms with E-state index in [1.807, 2.05) is 42.2 Å². The zero-order valence-corrected chi connectivity index (χ0v) is 17.1. The Morgan fingerprint density at radius 3 is 2.93 bits per heavy atom. The molecule has 1 aliphatic heterocycles. The molecule has 2 atom stereocenters. The summed E-state index contributed by atoms with van der Waals surface area (Å²) in [6, 6.07) is 14.5. The number of aryl methyl sites for hydroxylation is 1. The first kappa shape index (κ1) is 22.0. The normalized spacial score (nSPS) is 16.8. The van der Waals surface area contributed by atoms with Gasteiger partial charge in [0.05, 0.1) is 18.4 Å². The number of aliphatic hydroxyl groups excluding tert-OH is 1. The highest BCUT2D eigenvalue weighted by Crippen LogP contribution is 2.21. The molecule has 1 N–H and O–H groups in total. The minimum absolute atomic E-state index is 0.139. The SMILES string of the molecule is C#CCOCC(O)CN(Cc1cccc(F)c1)CC1CC(c2ccccc2C)=NO1. The maximum atomic E-state index is 13.6. The summed E-state index contributed by atoms with van der Waals surface area (Å²) >= 11 is 0. The van der Waals surface area contributed by atoms with E-state index in [4.69, 9.17) is 16.0 Å². The van der Waals surface area contributed by atoms with Crippen molar-refractivity contribution in [2.45, 2.75) is 32.1 Å². The van der Waals surface area contributed by atoms with E-state index >= 15 is 0 Å². The molecule has 0 radical (unpaired) electrons. The molecule has 0 amide bonds. The number of hydrogen-bond acceptors (Lipinski definition) is 5. The van der Waals surface area contributed by atoms with Crippen molar-refractivity contribution in [1.82, 2.24) is 4.90 Å².